The van der Waals surface area contributed by atoms with E-state index in [1.54, 1.807) is 6.20 Å². The average molecular weight is 311 g/mol. The van der Waals surface area contributed by atoms with Gasteiger partial charge in [-0.05, 0) is 48.6 Å². The predicted molar refractivity (Wildman–Crippen MR) is 82.6 cm³/mol. The predicted octanol–water partition coefficient (Wildman–Crippen LogP) is 4.56. The van der Waals surface area contributed by atoms with Gasteiger partial charge in [0.15, 0.2) is 0 Å². The molecule has 3 heteroatoms. The average Bonchev–Trinajstić information content (AvgIpc) is 2.46. The van der Waals surface area contributed by atoms with Crippen LogP contribution in [0.25, 0.3) is 23.1 Å². The molecule has 3 aromatic rings. The minimum absolute atomic E-state index is 0.931. The first-order valence-corrected chi connectivity index (χ1v) is 6.76. The highest BCUT2D eigenvalue weighted by Gasteiger charge is 1.97. The van der Waals surface area contributed by atoms with Crippen molar-refractivity contribution in [1.82, 2.24) is 9.97 Å². The topological polar surface area (TPSA) is 25.8 Å². The van der Waals surface area contributed by atoms with Gasteiger partial charge < -0.3 is 0 Å². The summed E-state index contributed by atoms with van der Waals surface area (Å²) in [4.78, 5) is 8.84. The van der Waals surface area contributed by atoms with Gasteiger partial charge in [-0.3, -0.25) is 4.98 Å². The number of nitrogens with zero attached hydrogens (tertiary/aromatic N) is 2. The van der Waals surface area contributed by atoms with E-state index < -0.39 is 0 Å². The number of pyridine rings is 2. The first kappa shape index (κ1) is 12.1. The van der Waals surface area contributed by atoms with Crippen molar-refractivity contribution in [3.8, 4) is 0 Å². The molecule has 0 amide bonds. The maximum absolute atomic E-state index is 4.60. The van der Waals surface area contributed by atoms with Crippen LogP contribution in [-0.2, 0) is 0 Å². The zero-order valence-electron chi connectivity index (χ0n) is 10.1. The summed E-state index contributed by atoms with van der Waals surface area (Å²) in [5.41, 5.74) is 2.85. The normalized spacial score (nSPS) is 11.2. The van der Waals surface area contributed by atoms with Crippen molar-refractivity contribution in [2.75, 3.05) is 0 Å². The Bertz CT molecular complexity index is 736. The Morgan fingerprint density at radius 2 is 1.79 bits per heavy atom. The van der Waals surface area contributed by atoms with Crippen molar-refractivity contribution in [3.05, 3.63) is 70.6 Å². The zero-order chi connectivity index (χ0) is 13.1. The molecule has 0 aliphatic carbocycles. The Kier molecular flexibility index (Phi) is 3.38. The van der Waals surface area contributed by atoms with E-state index in [0.717, 1.165) is 26.8 Å². The molecule has 0 unspecified atom stereocenters. The molecule has 0 fully saturated rings. The van der Waals surface area contributed by atoms with E-state index in [-0.39, 0.29) is 0 Å². The highest BCUT2D eigenvalue weighted by Crippen LogP contribution is 2.19. The number of rotatable bonds is 2. The van der Waals surface area contributed by atoms with Crippen LogP contribution >= 0.6 is 15.9 Å². The highest BCUT2D eigenvalue weighted by molar-refractivity contribution is 9.10. The lowest BCUT2D eigenvalue weighted by atomic mass is 10.2. The van der Waals surface area contributed by atoms with Gasteiger partial charge in [-0.15, -0.1) is 0 Å². The molecular formula is C16H11BrN2. The van der Waals surface area contributed by atoms with Crippen molar-refractivity contribution in [3.63, 3.8) is 0 Å². The van der Waals surface area contributed by atoms with Gasteiger partial charge in [0.1, 0.15) is 0 Å². The second-order valence-electron chi connectivity index (χ2n) is 4.16. The molecule has 2 nitrogen and oxygen atoms in total. The maximum atomic E-state index is 4.60. The molecule has 0 bridgehead atoms. The van der Waals surface area contributed by atoms with Gasteiger partial charge >= 0.3 is 0 Å². The van der Waals surface area contributed by atoms with Crippen LogP contribution in [-0.4, -0.2) is 9.97 Å². The van der Waals surface area contributed by atoms with Crippen LogP contribution in [0.2, 0.25) is 0 Å². The molecule has 0 N–H and O–H groups in total. The van der Waals surface area contributed by atoms with E-state index in [9.17, 15) is 0 Å². The third-order valence-electron chi connectivity index (χ3n) is 2.79. The second-order valence-corrected chi connectivity index (χ2v) is 5.08. The highest BCUT2D eigenvalue weighted by atomic mass is 79.9. The lowest BCUT2D eigenvalue weighted by Gasteiger charge is -1.99. The van der Waals surface area contributed by atoms with Crippen LogP contribution < -0.4 is 0 Å². The van der Waals surface area contributed by atoms with E-state index in [1.807, 2.05) is 48.6 Å². The van der Waals surface area contributed by atoms with Gasteiger partial charge in [-0.25, -0.2) is 4.98 Å². The molecule has 0 saturated carbocycles. The monoisotopic (exact) mass is 310 g/mol. The van der Waals surface area contributed by atoms with Crippen molar-refractivity contribution in [2.24, 2.45) is 0 Å². The number of hydrogen-bond donors (Lipinski definition) is 0. The molecule has 2 heterocycles. The van der Waals surface area contributed by atoms with Gasteiger partial charge in [0, 0.05) is 16.1 Å². The van der Waals surface area contributed by atoms with E-state index in [0.29, 0.717) is 0 Å². The molecule has 0 atom stereocenters. The van der Waals surface area contributed by atoms with Crippen molar-refractivity contribution < 1.29 is 0 Å². The quantitative estimate of drug-likeness (QED) is 0.693. The fourth-order valence-corrected chi connectivity index (χ4v) is 2.23. The molecule has 0 spiro atoms. The lowest BCUT2D eigenvalue weighted by Crippen LogP contribution is -1.83. The number of aromatic nitrogens is 2. The number of benzene rings is 1. The molecule has 19 heavy (non-hydrogen) atoms. The molecule has 2 aromatic heterocycles. The first-order chi connectivity index (χ1) is 9.31. The third-order valence-corrected chi connectivity index (χ3v) is 3.28. The Hall–Kier alpha value is -2.00. The Balaban J connectivity index is 1.94. The molecule has 0 radical (unpaired) electrons. The van der Waals surface area contributed by atoms with E-state index in [4.69, 9.17) is 0 Å². The number of halogens is 1. The Morgan fingerprint density at radius 1 is 0.895 bits per heavy atom. The molecular weight excluding hydrogens is 300 g/mol. The van der Waals surface area contributed by atoms with Crippen LogP contribution in [0, 0.1) is 0 Å². The minimum atomic E-state index is 0.931. The van der Waals surface area contributed by atoms with E-state index in [1.165, 1.54) is 0 Å². The van der Waals surface area contributed by atoms with Gasteiger partial charge in [0.25, 0.3) is 0 Å². The van der Waals surface area contributed by atoms with Crippen LogP contribution in [0.4, 0.5) is 0 Å². The van der Waals surface area contributed by atoms with Crippen LogP contribution in [0.3, 0.4) is 0 Å². The molecule has 0 aliphatic heterocycles. The maximum Gasteiger partial charge on any atom is 0.0710 e. The summed E-state index contributed by atoms with van der Waals surface area (Å²) in [6.45, 7) is 0. The smallest absolute Gasteiger partial charge is 0.0710 e. The van der Waals surface area contributed by atoms with Gasteiger partial charge in [-0.2, -0.15) is 0 Å². The summed E-state index contributed by atoms with van der Waals surface area (Å²) in [5, 5.41) is 1.13. The Labute approximate surface area is 120 Å². The SMILES string of the molecule is Brc1ccc2nc(/C=C/c3ccccn3)ccc2c1. The van der Waals surface area contributed by atoms with Crippen molar-refractivity contribution >= 4 is 39.0 Å². The largest absolute Gasteiger partial charge is 0.257 e. The molecule has 0 saturated heterocycles. The van der Waals surface area contributed by atoms with Crippen LogP contribution in [0.15, 0.2) is 59.2 Å². The third kappa shape index (κ3) is 2.88. The summed E-state index contributed by atoms with van der Waals surface area (Å²) >= 11 is 3.46. The number of fused-ring (bicyclic) bond motifs is 1. The van der Waals surface area contributed by atoms with E-state index in [2.05, 4.69) is 38.0 Å². The first-order valence-electron chi connectivity index (χ1n) is 5.97. The summed E-state index contributed by atoms with van der Waals surface area (Å²) in [5.74, 6) is 0. The van der Waals surface area contributed by atoms with Crippen molar-refractivity contribution in [1.29, 1.82) is 0 Å². The molecule has 0 aliphatic rings. The molecule has 1 aromatic carbocycles. The summed E-state index contributed by atoms with van der Waals surface area (Å²) in [7, 11) is 0. The van der Waals surface area contributed by atoms with Gasteiger partial charge in [0.05, 0.1) is 16.9 Å². The molecule has 92 valence electrons. The second kappa shape index (κ2) is 5.33. The minimum Gasteiger partial charge on any atom is -0.257 e. The van der Waals surface area contributed by atoms with Crippen LogP contribution in [0.5, 0.6) is 0 Å². The summed E-state index contributed by atoms with van der Waals surface area (Å²) < 4.78 is 1.07. The van der Waals surface area contributed by atoms with Crippen LogP contribution in [0.1, 0.15) is 11.4 Å². The summed E-state index contributed by atoms with van der Waals surface area (Å²) in [6, 6.07) is 16.0. The fraction of sp³-hybridized carbons (Fsp3) is 0. The standard InChI is InChI=1S/C16H11BrN2/c17-13-5-9-16-12(11-13)4-6-15(19-16)8-7-14-3-1-2-10-18-14/h1-11H/b8-7+. The Morgan fingerprint density at radius 3 is 2.63 bits per heavy atom. The number of hydrogen-bond acceptors (Lipinski definition) is 2. The fourth-order valence-electron chi connectivity index (χ4n) is 1.85. The van der Waals surface area contributed by atoms with Crippen molar-refractivity contribution in [2.45, 2.75) is 0 Å². The van der Waals surface area contributed by atoms with E-state index >= 15 is 0 Å². The lowest BCUT2D eigenvalue weighted by molar-refractivity contribution is 1.30. The van der Waals surface area contributed by atoms with Gasteiger partial charge in [-0.1, -0.05) is 28.1 Å². The summed E-state index contributed by atoms with van der Waals surface area (Å²) in [6.07, 6.45) is 5.72. The zero-order valence-corrected chi connectivity index (χ0v) is 11.7. The molecule has 3 rings (SSSR count). The van der Waals surface area contributed by atoms with Gasteiger partial charge in [0.2, 0.25) is 0 Å².